The minimum absolute atomic E-state index is 0.0590. The van der Waals surface area contributed by atoms with Crippen LogP contribution in [-0.4, -0.2) is 44.4 Å². The van der Waals surface area contributed by atoms with Crippen LogP contribution >= 0.6 is 0 Å². The van der Waals surface area contributed by atoms with Gasteiger partial charge >= 0.3 is 11.6 Å². The van der Waals surface area contributed by atoms with Crippen LogP contribution in [0.1, 0.15) is 40.9 Å². The number of hydrogen-bond acceptors (Lipinski definition) is 11. The van der Waals surface area contributed by atoms with E-state index in [0.717, 1.165) is 31.4 Å². The highest BCUT2D eigenvalue weighted by Crippen LogP contribution is 2.44. The Balaban J connectivity index is 1.75. The molecule has 196 valence electrons. The Labute approximate surface area is 214 Å². The van der Waals surface area contributed by atoms with Crippen LogP contribution in [0.3, 0.4) is 0 Å². The molecule has 0 fully saturated rings. The summed E-state index contributed by atoms with van der Waals surface area (Å²) in [6.07, 6.45) is 2.14. The number of rotatable bonds is 6. The molecule has 0 amide bonds. The average molecular weight is 522 g/mol. The van der Waals surface area contributed by atoms with E-state index >= 15 is 0 Å². The molecule has 0 saturated carbocycles. The third-order valence-corrected chi connectivity index (χ3v) is 5.80. The fourth-order valence-electron chi connectivity index (χ4n) is 3.94. The van der Waals surface area contributed by atoms with Gasteiger partial charge in [-0.25, -0.2) is 4.79 Å². The van der Waals surface area contributed by atoms with Gasteiger partial charge in [-0.2, -0.15) is 0 Å². The fourth-order valence-corrected chi connectivity index (χ4v) is 3.94. The Morgan fingerprint density at radius 2 is 1.58 bits per heavy atom. The molecule has 4 rings (SSSR count). The molecule has 5 N–H and O–H groups in total. The van der Waals surface area contributed by atoms with Crippen LogP contribution in [-0.2, 0) is 19.1 Å². The van der Waals surface area contributed by atoms with E-state index in [9.17, 15) is 39.9 Å². The van der Waals surface area contributed by atoms with Gasteiger partial charge < -0.3 is 39.4 Å². The lowest BCUT2D eigenvalue weighted by Gasteiger charge is -2.31. The summed E-state index contributed by atoms with van der Waals surface area (Å²) in [5.74, 6) is -5.11. The maximum absolute atomic E-state index is 13.2. The van der Waals surface area contributed by atoms with Crippen molar-refractivity contribution < 1.29 is 49.0 Å². The zero-order chi connectivity index (χ0) is 27.6. The number of esters is 1. The van der Waals surface area contributed by atoms with Gasteiger partial charge in [0.1, 0.15) is 29.8 Å². The quantitative estimate of drug-likeness (QED) is 0.237. The molecular weight excluding hydrogens is 500 g/mol. The highest BCUT2D eigenvalue weighted by Gasteiger charge is 2.40. The summed E-state index contributed by atoms with van der Waals surface area (Å²) < 4.78 is 15.7. The molecule has 0 unspecified atom stereocenters. The third-order valence-electron chi connectivity index (χ3n) is 5.80. The first-order chi connectivity index (χ1) is 18.1. The number of hydrogen-bond donors (Lipinski definition) is 5. The monoisotopic (exact) mass is 522 g/mol. The molecule has 0 radical (unpaired) electrons. The first-order valence-corrected chi connectivity index (χ1v) is 11.1. The van der Waals surface area contributed by atoms with Gasteiger partial charge in [-0.15, -0.1) is 0 Å². The van der Waals surface area contributed by atoms with Crippen molar-refractivity contribution >= 4 is 23.9 Å². The summed E-state index contributed by atoms with van der Waals surface area (Å²) in [7, 11) is 1.16. The molecule has 0 saturated heterocycles. The van der Waals surface area contributed by atoms with Crippen molar-refractivity contribution in [1.82, 2.24) is 0 Å². The summed E-state index contributed by atoms with van der Waals surface area (Å²) in [5, 5.41) is 49.5. The molecule has 11 nitrogen and oxygen atoms in total. The molecule has 0 spiro atoms. The van der Waals surface area contributed by atoms with Crippen LogP contribution in [0.25, 0.3) is 12.2 Å². The van der Waals surface area contributed by atoms with Gasteiger partial charge in [0.2, 0.25) is 0 Å². The lowest BCUT2D eigenvalue weighted by Crippen LogP contribution is -2.30. The van der Waals surface area contributed by atoms with Crippen molar-refractivity contribution in [1.29, 1.82) is 0 Å². The number of benzene rings is 2. The van der Waals surface area contributed by atoms with Crippen molar-refractivity contribution in [2.45, 2.75) is 18.4 Å². The van der Waals surface area contributed by atoms with E-state index in [1.165, 1.54) is 36.4 Å². The molecule has 3 aromatic rings. The number of methoxy groups -OCH3 is 1. The lowest BCUT2D eigenvalue weighted by molar-refractivity contribution is -0.141. The topological polar surface area (TPSA) is 184 Å². The summed E-state index contributed by atoms with van der Waals surface area (Å²) in [5.41, 5.74) is -0.833. The second-order valence-electron chi connectivity index (χ2n) is 8.35. The van der Waals surface area contributed by atoms with Gasteiger partial charge in [0.05, 0.1) is 18.6 Å². The van der Waals surface area contributed by atoms with Crippen molar-refractivity contribution in [3.8, 4) is 28.7 Å². The van der Waals surface area contributed by atoms with Crippen LogP contribution < -0.4 is 5.63 Å². The van der Waals surface area contributed by atoms with Crippen molar-refractivity contribution in [3.63, 3.8) is 0 Å². The molecule has 11 heteroatoms. The summed E-state index contributed by atoms with van der Waals surface area (Å²) in [6.45, 7) is 0. The van der Waals surface area contributed by atoms with E-state index in [4.69, 9.17) is 9.15 Å². The first-order valence-electron chi connectivity index (χ1n) is 11.1. The minimum Gasteiger partial charge on any atom is -0.507 e. The van der Waals surface area contributed by atoms with E-state index in [-0.39, 0.29) is 35.0 Å². The predicted molar refractivity (Wildman–Crippen MR) is 131 cm³/mol. The van der Waals surface area contributed by atoms with E-state index in [2.05, 4.69) is 4.74 Å². The highest BCUT2D eigenvalue weighted by atomic mass is 16.5. The van der Waals surface area contributed by atoms with E-state index in [1.54, 1.807) is 0 Å². The molecule has 2 heterocycles. The zero-order valence-corrected chi connectivity index (χ0v) is 19.8. The van der Waals surface area contributed by atoms with Crippen LogP contribution in [0.4, 0.5) is 0 Å². The smallest absolute Gasteiger partial charge is 0.344 e. The number of ether oxygens (including phenoxy) is 2. The second kappa shape index (κ2) is 10.4. The Morgan fingerprint density at radius 3 is 2.21 bits per heavy atom. The van der Waals surface area contributed by atoms with Crippen molar-refractivity contribution in [2.75, 3.05) is 7.11 Å². The van der Waals surface area contributed by atoms with Crippen LogP contribution in [0.2, 0.25) is 0 Å². The fraction of sp³-hybridized carbons (Fsp3) is 0.148. The van der Waals surface area contributed by atoms with Gasteiger partial charge in [-0.3, -0.25) is 9.59 Å². The molecule has 38 heavy (non-hydrogen) atoms. The number of allylic oxidation sites excluding steroid dienone is 1. The molecule has 2 atom stereocenters. The summed E-state index contributed by atoms with van der Waals surface area (Å²) >= 11 is 0. The molecule has 0 aliphatic carbocycles. The molecule has 0 bridgehead atoms. The van der Waals surface area contributed by atoms with Crippen LogP contribution in [0, 0.1) is 0 Å². The summed E-state index contributed by atoms with van der Waals surface area (Å²) in [4.78, 5) is 38.0. The normalized spacial score (nSPS) is 17.2. The molecule has 2 aromatic carbocycles. The molecule has 1 aliphatic rings. The third kappa shape index (κ3) is 5.31. The standard InChI is InChI=1S/C27H22O11/c1-36-23(34)12-16-11-21(32)24(26(37-16)14-4-7-18(29)20(31)9-14)25-22(33)10-15(38-27(25)35)5-2-13-3-6-17(28)19(30)8-13/h2-11,24,26,28-31,33H,12H2,1H3/t24-,26-/m1/s1. The number of phenols is 4. The maximum Gasteiger partial charge on any atom is 0.344 e. The van der Waals surface area contributed by atoms with Gasteiger partial charge in [0, 0.05) is 12.1 Å². The second-order valence-corrected chi connectivity index (χ2v) is 8.35. The molecular formula is C27H22O11. The predicted octanol–water partition coefficient (Wildman–Crippen LogP) is 3.21. The minimum atomic E-state index is -1.43. The Morgan fingerprint density at radius 1 is 0.895 bits per heavy atom. The molecule has 1 aromatic heterocycles. The lowest BCUT2D eigenvalue weighted by atomic mass is 9.83. The Hall–Kier alpha value is -5.19. The van der Waals surface area contributed by atoms with E-state index in [0.29, 0.717) is 5.56 Å². The van der Waals surface area contributed by atoms with E-state index < -0.39 is 52.2 Å². The van der Waals surface area contributed by atoms with Crippen LogP contribution in [0.15, 0.2) is 63.5 Å². The SMILES string of the molecule is COC(=O)CC1=CC(=O)[C@H](c2c(O)cc(C=Cc3ccc(O)c(O)c3)oc2=O)[C@@H](c2ccc(O)c(O)c2)O1. The van der Waals surface area contributed by atoms with Gasteiger partial charge in [-0.1, -0.05) is 18.2 Å². The largest absolute Gasteiger partial charge is 0.507 e. The Bertz CT molecular complexity index is 1530. The number of carbonyl (C=O) groups excluding carboxylic acids is 2. The van der Waals surface area contributed by atoms with Crippen molar-refractivity contribution in [2.24, 2.45) is 0 Å². The Kier molecular flexibility index (Phi) is 7.10. The number of aromatic hydroxyl groups is 5. The zero-order valence-electron chi connectivity index (χ0n) is 19.8. The average Bonchev–Trinajstić information content (AvgIpc) is 2.87. The molecule has 1 aliphatic heterocycles. The highest BCUT2D eigenvalue weighted by molar-refractivity contribution is 5.98. The number of carbonyl (C=O) groups is 2. The number of phenolic OH excluding ortho intramolecular Hbond substituents is 4. The van der Waals surface area contributed by atoms with Crippen molar-refractivity contribution in [3.05, 3.63) is 87.2 Å². The van der Waals surface area contributed by atoms with Gasteiger partial charge in [0.25, 0.3) is 0 Å². The van der Waals surface area contributed by atoms with Gasteiger partial charge in [0.15, 0.2) is 28.8 Å². The number of ketones is 1. The maximum atomic E-state index is 13.2. The van der Waals surface area contributed by atoms with Crippen LogP contribution in [0.5, 0.6) is 28.7 Å². The van der Waals surface area contributed by atoms with E-state index in [1.807, 2.05) is 0 Å². The summed E-state index contributed by atoms with van der Waals surface area (Å²) in [6, 6.07) is 8.78. The first kappa shape index (κ1) is 25.9. The van der Waals surface area contributed by atoms with Gasteiger partial charge in [-0.05, 0) is 41.5 Å².